The lowest BCUT2D eigenvalue weighted by molar-refractivity contribution is -0.131. The number of carbonyl (C=O) groups is 3. The summed E-state index contributed by atoms with van der Waals surface area (Å²) in [6.45, 7) is 12.5. The summed E-state index contributed by atoms with van der Waals surface area (Å²) in [6.07, 6.45) is 14.3. The first-order chi connectivity index (χ1) is 22.5. The van der Waals surface area contributed by atoms with Gasteiger partial charge in [0.2, 0.25) is 0 Å². The SMILES string of the molecule is CC(C)CCC[C@@H](C)[C@H]1CC[C@H]2[C@@H]3CCC4C[C@@H](OC(=O)Oc5ccc6c(c5)C(=O)c5ccccc5C6=O)CC[C@]4(C)[C@H]3CC[C@]12C. The highest BCUT2D eigenvalue weighted by Gasteiger charge is 2.60. The van der Waals surface area contributed by atoms with E-state index in [0.29, 0.717) is 33.4 Å². The van der Waals surface area contributed by atoms with Gasteiger partial charge in [0.1, 0.15) is 11.9 Å². The lowest BCUT2D eigenvalue weighted by atomic mass is 9.44. The Bertz CT molecular complexity index is 1540. The Kier molecular flexibility index (Phi) is 8.66. The topological polar surface area (TPSA) is 69.7 Å². The summed E-state index contributed by atoms with van der Waals surface area (Å²) in [5.74, 6) is 5.39. The number of ether oxygens (including phenoxy) is 2. The molecule has 0 aromatic heterocycles. The van der Waals surface area contributed by atoms with Crippen molar-refractivity contribution in [3.63, 3.8) is 0 Å². The van der Waals surface area contributed by atoms with Gasteiger partial charge < -0.3 is 9.47 Å². The molecule has 0 N–H and O–H groups in total. The molecule has 0 spiro atoms. The maximum Gasteiger partial charge on any atom is 0.514 e. The third-order valence-corrected chi connectivity index (χ3v) is 14.2. The Morgan fingerprint density at radius 2 is 1.47 bits per heavy atom. The quantitative estimate of drug-likeness (QED) is 0.190. The zero-order valence-electron chi connectivity index (χ0n) is 29.2. The van der Waals surface area contributed by atoms with E-state index in [9.17, 15) is 14.4 Å². The van der Waals surface area contributed by atoms with Gasteiger partial charge in [0.25, 0.3) is 0 Å². The molecule has 0 amide bonds. The molecule has 0 aliphatic heterocycles. The molecule has 1 unspecified atom stereocenters. The van der Waals surface area contributed by atoms with E-state index in [-0.39, 0.29) is 29.0 Å². The second-order valence-electron chi connectivity index (χ2n) is 17.0. The summed E-state index contributed by atoms with van der Waals surface area (Å²) in [4.78, 5) is 39.1. The second kappa shape index (κ2) is 12.5. The molecule has 0 heterocycles. The minimum atomic E-state index is -0.727. The molecule has 47 heavy (non-hydrogen) atoms. The molecule has 0 saturated heterocycles. The van der Waals surface area contributed by atoms with E-state index in [1.54, 1.807) is 36.4 Å². The summed E-state index contributed by atoms with van der Waals surface area (Å²) < 4.78 is 11.5. The Balaban J connectivity index is 0.963. The van der Waals surface area contributed by atoms with Gasteiger partial charge in [-0.25, -0.2) is 4.79 Å². The molecular formula is C42H54O5. The van der Waals surface area contributed by atoms with Crippen LogP contribution in [0.4, 0.5) is 4.79 Å². The molecule has 0 bridgehead atoms. The average molecular weight is 639 g/mol. The van der Waals surface area contributed by atoms with Crippen molar-refractivity contribution in [1.29, 1.82) is 0 Å². The normalized spacial score (nSPS) is 34.9. The van der Waals surface area contributed by atoms with E-state index in [0.717, 1.165) is 54.8 Å². The fraction of sp³-hybridized carbons (Fsp3) is 0.643. The van der Waals surface area contributed by atoms with Gasteiger partial charge in [-0.15, -0.1) is 0 Å². The summed E-state index contributed by atoms with van der Waals surface area (Å²) in [5, 5.41) is 0. The van der Waals surface area contributed by atoms with Crippen molar-refractivity contribution in [3.8, 4) is 5.75 Å². The van der Waals surface area contributed by atoms with Crippen LogP contribution >= 0.6 is 0 Å². The molecule has 252 valence electrons. The Hall–Kier alpha value is -2.95. The first kappa shape index (κ1) is 32.6. The standard InChI is InChI=1S/C42H54O5/c1-25(2)9-8-10-26(3)35-17-18-36-33-15-13-27-23-29(19-21-41(27,4)37(33)20-22-42(35,36)5)47-40(45)46-28-14-16-32-34(24-28)39(44)31-12-7-6-11-30(31)38(32)43/h6-7,11-12,14,16,24-27,29,33,35-37H,8-10,13,15,17-23H2,1-5H3/t26-,27?,29+,33+,35-,36+,37+,41+,42-/m1/s1. The molecule has 5 aliphatic rings. The Labute approximate surface area is 281 Å². The maximum absolute atomic E-state index is 13.1. The van der Waals surface area contributed by atoms with Gasteiger partial charge in [-0.3, -0.25) is 9.59 Å². The van der Waals surface area contributed by atoms with Crippen LogP contribution in [0.2, 0.25) is 0 Å². The Morgan fingerprint density at radius 3 is 2.21 bits per heavy atom. The van der Waals surface area contributed by atoms with Gasteiger partial charge in [-0.05, 0) is 128 Å². The number of rotatable bonds is 7. The number of hydrogen-bond donors (Lipinski definition) is 0. The minimum absolute atomic E-state index is 0.152. The van der Waals surface area contributed by atoms with Crippen LogP contribution in [0.1, 0.15) is 144 Å². The lowest BCUT2D eigenvalue weighted by Crippen LogP contribution is -2.54. The van der Waals surface area contributed by atoms with Crippen molar-refractivity contribution < 1.29 is 23.9 Å². The second-order valence-corrected chi connectivity index (χ2v) is 17.0. The molecule has 2 aromatic carbocycles. The zero-order valence-corrected chi connectivity index (χ0v) is 29.2. The lowest BCUT2D eigenvalue weighted by Gasteiger charge is -2.61. The van der Waals surface area contributed by atoms with Crippen molar-refractivity contribution in [2.75, 3.05) is 0 Å². The average Bonchev–Trinajstić information content (AvgIpc) is 3.41. The highest BCUT2D eigenvalue weighted by molar-refractivity contribution is 6.28. The van der Waals surface area contributed by atoms with Gasteiger partial charge in [-0.1, -0.05) is 78.1 Å². The van der Waals surface area contributed by atoms with E-state index in [2.05, 4.69) is 34.6 Å². The molecule has 0 radical (unpaired) electrons. The smallest absolute Gasteiger partial charge is 0.431 e. The van der Waals surface area contributed by atoms with Crippen LogP contribution in [0.3, 0.4) is 0 Å². The minimum Gasteiger partial charge on any atom is -0.431 e. The van der Waals surface area contributed by atoms with E-state index < -0.39 is 6.16 Å². The van der Waals surface area contributed by atoms with E-state index >= 15 is 0 Å². The third kappa shape index (κ3) is 5.68. The molecule has 2 aromatic rings. The van der Waals surface area contributed by atoms with Gasteiger partial charge in [0, 0.05) is 22.3 Å². The van der Waals surface area contributed by atoms with Crippen LogP contribution in [-0.2, 0) is 4.74 Å². The van der Waals surface area contributed by atoms with E-state index in [4.69, 9.17) is 9.47 Å². The van der Waals surface area contributed by atoms with Crippen LogP contribution in [0.5, 0.6) is 5.75 Å². The van der Waals surface area contributed by atoms with Crippen molar-refractivity contribution in [1.82, 2.24) is 0 Å². The van der Waals surface area contributed by atoms with Crippen LogP contribution in [0.15, 0.2) is 42.5 Å². The number of ketones is 2. The van der Waals surface area contributed by atoms with Crippen molar-refractivity contribution in [2.45, 2.75) is 118 Å². The molecule has 5 heteroatoms. The highest BCUT2D eigenvalue weighted by atomic mass is 16.7. The first-order valence-corrected chi connectivity index (χ1v) is 18.7. The van der Waals surface area contributed by atoms with Crippen LogP contribution < -0.4 is 4.74 Å². The monoisotopic (exact) mass is 638 g/mol. The van der Waals surface area contributed by atoms with Gasteiger partial charge in [-0.2, -0.15) is 0 Å². The molecule has 4 saturated carbocycles. The third-order valence-electron chi connectivity index (χ3n) is 14.2. The maximum atomic E-state index is 13.1. The summed E-state index contributed by atoms with van der Waals surface area (Å²) in [6, 6.07) is 11.5. The van der Waals surface area contributed by atoms with Crippen molar-refractivity contribution in [3.05, 3.63) is 64.7 Å². The molecular weight excluding hydrogens is 584 g/mol. The van der Waals surface area contributed by atoms with Crippen LogP contribution in [0, 0.1) is 52.3 Å². The summed E-state index contributed by atoms with van der Waals surface area (Å²) in [7, 11) is 0. The predicted octanol–water partition coefficient (Wildman–Crippen LogP) is 10.5. The fourth-order valence-corrected chi connectivity index (χ4v) is 11.7. The largest absolute Gasteiger partial charge is 0.514 e. The molecule has 5 aliphatic carbocycles. The fourth-order valence-electron chi connectivity index (χ4n) is 11.7. The number of benzene rings is 2. The van der Waals surface area contributed by atoms with Crippen molar-refractivity contribution >= 4 is 17.7 Å². The number of fused-ring (bicyclic) bond motifs is 7. The number of hydrogen-bond acceptors (Lipinski definition) is 5. The van der Waals surface area contributed by atoms with Crippen LogP contribution in [0.25, 0.3) is 0 Å². The van der Waals surface area contributed by atoms with E-state index in [1.807, 2.05) is 0 Å². The highest BCUT2D eigenvalue weighted by Crippen LogP contribution is 2.68. The molecule has 4 fully saturated rings. The van der Waals surface area contributed by atoms with Gasteiger partial charge >= 0.3 is 6.16 Å². The van der Waals surface area contributed by atoms with Crippen LogP contribution in [-0.4, -0.2) is 23.8 Å². The van der Waals surface area contributed by atoms with Crippen molar-refractivity contribution in [2.24, 2.45) is 52.3 Å². The number of carbonyl (C=O) groups excluding carboxylic acids is 3. The Morgan fingerprint density at radius 1 is 0.787 bits per heavy atom. The summed E-state index contributed by atoms with van der Waals surface area (Å²) >= 11 is 0. The molecule has 7 rings (SSSR count). The zero-order chi connectivity index (χ0) is 33.1. The first-order valence-electron chi connectivity index (χ1n) is 18.7. The van der Waals surface area contributed by atoms with Gasteiger partial charge in [0.15, 0.2) is 11.6 Å². The molecule has 5 nitrogen and oxygen atoms in total. The molecule has 9 atom stereocenters. The summed E-state index contributed by atoms with van der Waals surface area (Å²) in [5.41, 5.74) is 2.21. The van der Waals surface area contributed by atoms with E-state index in [1.165, 1.54) is 63.9 Å². The predicted molar refractivity (Wildman–Crippen MR) is 184 cm³/mol. The van der Waals surface area contributed by atoms with Gasteiger partial charge in [0.05, 0.1) is 0 Å².